The zero-order chi connectivity index (χ0) is 20.9. The van der Waals surface area contributed by atoms with E-state index in [0.717, 1.165) is 0 Å². The molecule has 0 spiro atoms. The van der Waals surface area contributed by atoms with Crippen LogP contribution >= 0.6 is 0 Å². The number of nitrogens with zero attached hydrogens (tertiary/aromatic N) is 1. The lowest BCUT2D eigenvalue weighted by Gasteiger charge is -2.40. The first kappa shape index (κ1) is 23.6. The van der Waals surface area contributed by atoms with Gasteiger partial charge in [0.1, 0.15) is 0 Å². The van der Waals surface area contributed by atoms with Crippen LogP contribution in [0.2, 0.25) is 0 Å². The highest BCUT2D eigenvalue weighted by Crippen LogP contribution is 2.51. The Morgan fingerprint density at radius 2 is 1.16 bits per heavy atom. The second-order valence-electron chi connectivity index (χ2n) is 4.55. The van der Waals surface area contributed by atoms with Crippen molar-refractivity contribution in [3.8, 4) is 0 Å². The van der Waals surface area contributed by atoms with Gasteiger partial charge in [-0.1, -0.05) is 4.90 Å². The molecule has 1 atom stereocenters. The normalized spacial score (nSPS) is 17.6. The summed E-state index contributed by atoms with van der Waals surface area (Å²) >= 11 is 0. The Morgan fingerprint density at radius 1 is 0.800 bits per heavy atom. The molecule has 0 aliphatic heterocycles. The number of hydrogen-bond donors (Lipinski definition) is 0. The lowest BCUT2D eigenvalue weighted by molar-refractivity contribution is -0.438. The monoisotopic (exact) mass is 409 g/mol. The Balaban J connectivity index is 6.40. The summed E-state index contributed by atoms with van der Waals surface area (Å²) in [6.07, 6.45) is -13.8. The molecular weight excluding hydrogens is 404 g/mol. The number of rotatable bonds is 6. The van der Waals surface area contributed by atoms with Crippen LogP contribution < -0.4 is 0 Å². The van der Waals surface area contributed by atoms with E-state index in [4.69, 9.17) is 0 Å². The molecule has 25 heavy (non-hydrogen) atoms. The Labute approximate surface area is 128 Å². The van der Waals surface area contributed by atoms with E-state index in [-0.39, 0.29) is 0 Å². The molecular formula is C9H5F14NO. The van der Waals surface area contributed by atoms with E-state index in [9.17, 15) is 66.3 Å². The first-order chi connectivity index (χ1) is 10.6. The first-order valence-electron chi connectivity index (χ1n) is 5.45. The van der Waals surface area contributed by atoms with E-state index in [0.29, 0.717) is 0 Å². The van der Waals surface area contributed by atoms with Crippen LogP contribution in [0, 0.1) is 0 Å². The van der Waals surface area contributed by atoms with Gasteiger partial charge in [-0.05, 0) is 6.92 Å². The lowest BCUT2D eigenvalue weighted by Crippen LogP contribution is -2.70. The quantitative estimate of drug-likeness (QED) is 0.477. The van der Waals surface area contributed by atoms with Gasteiger partial charge in [-0.15, -0.1) is 0 Å². The van der Waals surface area contributed by atoms with Crippen LogP contribution in [0.5, 0.6) is 0 Å². The van der Waals surface area contributed by atoms with Crippen molar-refractivity contribution >= 4 is 5.78 Å². The van der Waals surface area contributed by atoms with E-state index >= 15 is 0 Å². The smallest absolute Gasteiger partial charge is 0.289 e. The lowest BCUT2D eigenvalue weighted by atomic mass is 9.95. The Hall–Kier alpha value is -1.35. The third-order valence-electron chi connectivity index (χ3n) is 2.64. The molecule has 0 heterocycles. The van der Waals surface area contributed by atoms with E-state index in [1.54, 1.807) is 0 Å². The zero-order valence-corrected chi connectivity index (χ0v) is 11.4. The fourth-order valence-corrected chi connectivity index (χ4v) is 1.31. The van der Waals surface area contributed by atoms with Crippen molar-refractivity contribution in [2.24, 2.45) is 0 Å². The fraction of sp³-hybridized carbons (Fsp3) is 0.889. The predicted molar refractivity (Wildman–Crippen MR) is 49.3 cm³/mol. The number of ketones is 1. The van der Waals surface area contributed by atoms with Crippen molar-refractivity contribution in [1.29, 1.82) is 0 Å². The van der Waals surface area contributed by atoms with Crippen molar-refractivity contribution in [2.45, 2.75) is 43.1 Å². The minimum absolute atomic E-state index is 1.04. The predicted octanol–water partition coefficient (Wildman–Crippen LogP) is 4.46. The molecule has 0 bridgehead atoms. The van der Waals surface area contributed by atoms with Gasteiger partial charge in [0.05, 0.1) is 0 Å². The highest BCUT2D eigenvalue weighted by atomic mass is 19.4. The topological polar surface area (TPSA) is 20.3 Å². The summed E-state index contributed by atoms with van der Waals surface area (Å²) in [5.41, 5.74) is -5.83. The number of Topliss-reactive ketones (excluding diaryl/α,β-unsaturated/α-hetero) is 1. The maximum absolute atomic E-state index is 13.3. The van der Waals surface area contributed by atoms with Gasteiger partial charge < -0.3 is 0 Å². The molecule has 0 aromatic heterocycles. The van der Waals surface area contributed by atoms with Gasteiger partial charge in [-0.2, -0.15) is 52.7 Å². The van der Waals surface area contributed by atoms with Gasteiger partial charge in [-0.25, -0.2) is 8.78 Å². The molecule has 0 aromatic rings. The third-order valence-corrected chi connectivity index (χ3v) is 2.64. The molecule has 0 aliphatic carbocycles. The van der Waals surface area contributed by atoms with Crippen molar-refractivity contribution in [3.63, 3.8) is 0 Å². The van der Waals surface area contributed by atoms with Gasteiger partial charge in [0.15, 0.2) is 6.67 Å². The number of hydrogen-bond acceptors (Lipinski definition) is 2. The average molecular weight is 409 g/mol. The summed E-state index contributed by atoms with van der Waals surface area (Å²) in [6, 6.07) is -13.9. The van der Waals surface area contributed by atoms with Gasteiger partial charge in [0.25, 0.3) is 11.5 Å². The summed E-state index contributed by atoms with van der Waals surface area (Å²) in [5.74, 6) is -11.8. The fourth-order valence-electron chi connectivity index (χ4n) is 1.31. The highest BCUT2D eigenvalue weighted by Gasteiger charge is 2.80. The van der Waals surface area contributed by atoms with E-state index in [2.05, 4.69) is 0 Å². The molecule has 0 N–H and O–H groups in total. The van der Waals surface area contributed by atoms with Crippen LogP contribution in [0.3, 0.4) is 0 Å². The molecule has 0 aliphatic rings. The number of halogens is 14. The molecule has 0 amide bonds. The Bertz CT molecular complexity index is 503. The molecule has 2 nitrogen and oxygen atoms in total. The maximum Gasteiger partial charge on any atom is 0.469 e. The van der Waals surface area contributed by atoms with E-state index < -0.39 is 60.4 Å². The van der Waals surface area contributed by atoms with Gasteiger partial charge in [0.2, 0.25) is 0 Å². The molecule has 1 unspecified atom stereocenters. The van der Waals surface area contributed by atoms with Gasteiger partial charge in [-0.3, -0.25) is 4.79 Å². The molecule has 16 heteroatoms. The minimum atomic E-state index is -7.48. The van der Waals surface area contributed by atoms with Crippen LogP contribution in [0.25, 0.3) is 0 Å². The van der Waals surface area contributed by atoms with Crippen LogP contribution in [0.15, 0.2) is 0 Å². The summed E-state index contributed by atoms with van der Waals surface area (Å²) in [4.78, 5) is 7.02. The number of alkyl halides is 14. The van der Waals surface area contributed by atoms with Crippen LogP contribution in [0.4, 0.5) is 61.5 Å². The summed E-state index contributed by atoms with van der Waals surface area (Å²) in [7, 11) is 0. The Kier molecular flexibility index (Phi) is 5.79. The van der Waals surface area contributed by atoms with Crippen molar-refractivity contribution in [3.05, 3.63) is 0 Å². The van der Waals surface area contributed by atoms with Crippen molar-refractivity contribution in [1.82, 2.24) is 4.90 Å². The molecule has 0 rings (SSSR count). The molecule has 150 valence electrons. The van der Waals surface area contributed by atoms with Gasteiger partial charge >= 0.3 is 30.5 Å². The standard InChI is InChI=1S/C9H5F14NO/c1-4(11,7(16,17)18)3(25)6(14,15)8(19,20)24(9(21,22)23)5(12,13)2-10/h2H2,1H3. The second-order valence-corrected chi connectivity index (χ2v) is 4.55. The summed E-state index contributed by atoms with van der Waals surface area (Å²) < 4.78 is 177. The molecule has 0 aromatic carbocycles. The summed E-state index contributed by atoms with van der Waals surface area (Å²) in [5, 5.41) is 0. The third kappa shape index (κ3) is 3.92. The second kappa shape index (κ2) is 6.12. The zero-order valence-electron chi connectivity index (χ0n) is 11.4. The Morgan fingerprint density at radius 3 is 1.40 bits per heavy atom. The molecule has 0 fully saturated rings. The largest absolute Gasteiger partial charge is 0.469 e. The number of carbonyl (C=O) groups excluding carboxylic acids is 1. The van der Waals surface area contributed by atoms with Crippen LogP contribution in [-0.2, 0) is 4.79 Å². The van der Waals surface area contributed by atoms with Gasteiger partial charge in [0, 0.05) is 0 Å². The minimum Gasteiger partial charge on any atom is -0.289 e. The van der Waals surface area contributed by atoms with Crippen molar-refractivity contribution in [2.75, 3.05) is 6.67 Å². The maximum atomic E-state index is 13.3. The van der Waals surface area contributed by atoms with E-state index in [1.807, 2.05) is 0 Å². The van der Waals surface area contributed by atoms with Crippen molar-refractivity contribution < 1.29 is 66.3 Å². The molecule has 0 saturated heterocycles. The first-order valence-corrected chi connectivity index (χ1v) is 5.45. The number of carbonyl (C=O) groups is 1. The van der Waals surface area contributed by atoms with E-state index in [1.165, 1.54) is 0 Å². The summed E-state index contributed by atoms with van der Waals surface area (Å²) in [6.45, 7) is -4.68. The SMILES string of the molecule is CC(F)(C(=O)C(F)(F)C(F)(F)N(C(F)(F)F)C(F)(F)CF)C(F)(F)F. The molecule has 0 saturated carbocycles. The highest BCUT2D eigenvalue weighted by molar-refractivity contribution is 5.94. The van der Waals surface area contributed by atoms with Crippen LogP contribution in [0.1, 0.15) is 6.92 Å². The average Bonchev–Trinajstić information content (AvgIpc) is 2.33. The molecule has 0 radical (unpaired) electrons. The van der Waals surface area contributed by atoms with Crippen LogP contribution in [-0.4, -0.2) is 53.5 Å².